The summed E-state index contributed by atoms with van der Waals surface area (Å²) in [6.45, 7) is 0.587. The minimum atomic E-state index is -1.43. The lowest BCUT2D eigenvalue weighted by molar-refractivity contribution is -0.168. The summed E-state index contributed by atoms with van der Waals surface area (Å²) in [4.78, 5) is 25.6. The van der Waals surface area contributed by atoms with Gasteiger partial charge in [0.15, 0.2) is 5.41 Å². The monoisotopic (exact) mass is 464 g/mol. The van der Waals surface area contributed by atoms with Crippen molar-refractivity contribution in [3.8, 4) is 5.75 Å². The number of allylic oxidation sites excluding steroid dienone is 2. The molecule has 1 aliphatic heterocycles. The van der Waals surface area contributed by atoms with Crippen LogP contribution in [0, 0.1) is 11.3 Å². The van der Waals surface area contributed by atoms with Crippen molar-refractivity contribution >= 4 is 17.7 Å². The lowest BCUT2D eigenvalue weighted by Gasteiger charge is -2.25. The molecule has 0 saturated heterocycles. The van der Waals surface area contributed by atoms with E-state index in [1.54, 1.807) is 7.11 Å². The van der Waals surface area contributed by atoms with Crippen molar-refractivity contribution in [2.45, 2.75) is 19.4 Å². The number of benzene rings is 2. The van der Waals surface area contributed by atoms with Crippen LogP contribution >= 0.6 is 0 Å². The van der Waals surface area contributed by atoms with Crippen molar-refractivity contribution in [1.82, 2.24) is 0 Å². The van der Waals surface area contributed by atoms with Gasteiger partial charge in [-0.1, -0.05) is 42.5 Å². The Labute approximate surface area is 198 Å². The average molecular weight is 465 g/mol. The maximum Gasteiger partial charge on any atom is 0.323 e. The number of methoxy groups -OCH3 is 3. The van der Waals surface area contributed by atoms with Crippen molar-refractivity contribution in [3.05, 3.63) is 83.1 Å². The number of hydrogen-bond acceptors (Lipinski definition) is 7. The summed E-state index contributed by atoms with van der Waals surface area (Å²) in [6, 6.07) is 17.4. The van der Waals surface area contributed by atoms with Crippen LogP contribution in [0.1, 0.15) is 24.0 Å². The van der Waals surface area contributed by atoms with Crippen LogP contribution in [-0.4, -0.2) is 39.9 Å². The number of hydrogen-bond donors (Lipinski definition) is 0. The number of para-hydroxylation sites is 1. The van der Waals surface area contributed by atoms with Gasteiger partial charge in [-0.3, -0.25) is 9.59 Å². The van der Waals surface area contributed by atoms with E-state index < -0.39 is 17.4 Å². The Morgan fingerprint density at radius 2 is 1.62 bits per heavy atom. The van der Waals surface area contributed by atoms with Crippen LogP contribution in [0.3, 0.4) is 0 Å². The van der Waals surface area contributed by atoms with Gasteiger partial charge in [-0.15, -0.1) is 0 Å². The molecule has 7 heteroatoms. The van der Waals surface area contributed by atoms with Crippen molar-refractivity contribution < 1.29 is 33.3 Å². The fourth-order valence-electron chi connectivity index (χ4n) is 4.64. The van der Waals surface area contributed by atoms with Gasteiger partial charge in [0.25, 0.3) is 0 Å². The molecule has 0 bridgehead atoms. The van der Waals surface area contributed by atoms with Gasteiger partial charge < -0.3 is 23.7 Å². The van der Waals surface area contributed by atoms with Gasteiger partial charge in [-0.2, -0.15) is 0 Å². The summed E-state index contributed by atoms with van der Waals surface area (Å²) < 4.78 is 27.8. The van der Waals surface area contributed by atoms with Crippen LogP contribution in [-0.2, 0) is 35.1 Å². The molecule has 4 rings (SSSR count). The molecule has 0 radical (unpaired) electrons. The lowest BCUT2D eigenvalue weighted by atomic mass is 9.85. The predicted molar refractivity (Wildman–Crippen MR) is 124 cm³/mol. The Bertz CT molecular complexity index is 1100. The van der Waals surface area contributed by atoms with Gasteiger partial charge in [-0.05, 0) is 42.2 Å². The summed E-state index contributed by atoms with van der Waals surface area (Å²) in [6.07, 6.45) is 2.31. The van der Waals surface area contributed by atoms with Crippen molar-refractivity contribution in [2.24, 2.45) is 11.3 Å². The molecule has 1 atom stereocenters. The first-order valence-corrected chi connectivity index (χ1v) is 11.1. The summed E-state index contributed by atoms with van der Waals surface area (Å²) in [5, 5.41) is 0. The number of carbonyl (C=O) groups excluding carboxylic acids is 2. The van der Waals surface area contributed by atoms with Crippen LogP contribution in [0.15, 0.2) is 72.0 Å². The second-order valence-corrected chi connectivity index (χ2v) is 8.31. The van der Waals surface area contributed by atoms with Gasteiger partial charge >= 0.3 is 11.9 Å². The number of ether oxygens (including phenoxy) is 5. The van der Waals surface area contributed by atoms with Crippen LogP contribution in [0.25, 0.3) is 5.76 Å². The molecule has 7 nitrogen and oxygen atoms in total. The Morgan fingerprint density at radius 1 is 0.941 bits per heavy atom. The first-order chi connectivity index (χ1) is 16.5. The molecule has 0 aromatic heterocycles. The van der Waals surface area contributed by atoms with E-state index in [0.717, 1.165) is 16.7 Å². The minimum Gasteiger partial charge on any atom is -0.496 e. The third-order valence-electron chi connectivity index (χ3n) is 6.32. The standard InChI is InChI=1S/C27H28O7/c1-30-22-12-8-7-11-20(22)23-13-19-14-27(25(28)31-2,26(29)32-3)15-21(19)24(34-23)17-33-16-18-9-5-4-6-10-18/h4-13,19H,14-17H2,1-3H3/t19-/m1/s1. The third-order valence-corrected chi connectivity index (χ3v) is 6.32. The minimum absolute atomic E-state index is 0.150. The molecule has 2 aromatic carbocycles. The zero-order chi connectivity index (χ0) is 24.1. The SMILES string of the molecule is COC(=O)C1(C(=O)OC)CC2=C(COCc3ccccc3)OC(c3ccccc3OC)=C[C@@H]2C1. The first-order valence-electron chi connectivity index (χ1n) is 11.1. The quantitative estimate of drug-likeness (QED) is 0.426. The molecule has 1 fully saturated rings. The van der Waals surface area contributed by atoms with E-state index in [0.29, 0.717) is 23.9 Å². The number of fused-ring (bicyclic) bond motifs is 1. The maximum atomic E-state index is 12.8. The Kier molecular flexibility index (Phi) is 7.03. The molecule has 2 aromatic rings. The van der Waals surface area contributed by atoms with E-state index in [9.17, 15) is 9.59 Å². The Hall–Kier alpha value is -3.58. The van der Waals surface area contributed by atoms with Gasteiger partial charge in [0.05, 0.1) is 33.5 Å². The van der Waals surface area contributed by atoms with Gasteiger partial charge in [0, 0.05) is 5.92 Å². The highest BCUT2D eigenvalue weighted by atomic mass is 16.5. The molecular weight excluding hydrogens is 436 g/mol. The molecule has 1 saturated carbocycles. The number of carbonyl (C=O) groups is 2. The summed E-state index contributed by atoms with van der Waals surface area (Å²) in [7, 11) is 4.15. The zero-order valence-corrected chi connectivity index (χ0v) is 19.5. The number of esters is 2. The third kappa shape index (κ3) is 4.43. The molecule has 34 heavy (non-hydrogen) atoms. The lowest BCUT2D eigenvalue weighted by Crippen LogP contribution is -2.39. The highest BCUT2D eigenvalue weighted by molar-refractivity contribution is 6.01. The van der Waals surface area contributed by atoms with Crippen LogP contribution in [0.5, 0.6) is 5.75 Å². The number of rotatable bonds is 8. The van der Waals surface area contributed by atoms with E-state index in [2.05, 4.69) is 0 Å². The molecule has 1 heterocycles. The summed E-state index contributed by atoms with van der Waals surface area (Å²) in [5.74, 6) is 0.388. The molecule has 0 unspecified atom stereocenters. The molecule has 0 amide bonds. The highest BCUT2D eigenvalue weighted by Gasteiger charge is 2.56. The predicted octanol–water partition coefficient (Wildman–Crippen LogP) is 4.28. The Balaban J connectivity index is 1.69. The van der Waals surface area contributed by atoms with Gasteiger partial charge in [0.2, 0.25) is 0 Å². The smallest absolute Gasteiger partial charge is 0.323 e. The van der Waals surface area contributed by atoms with Gasteiger partial charge in [0.1, 0.15) is 23.9 Å². The van der Waals surface area contributed by atoms with E-state index in [1.165, 1.54) is 14.2 Å². The Morgan fingerprint density at radius 3 is 2.29 bits per heavy atom. The average Bonchev–Trinajstić information content (AvgIpc) is 3.29. The van der Waals surface area contributed by atoms with Crippen molar-refractivity contribution in [2.75, 3.05) is 27.9 Å². The fourth-order valence-corrected chi connectivity index (χ4v) is 4.64. The van der Waals surface area contributed by atoms with E-state index >= 15 is 0 Å². The topological polar surface area (TPSA) is 80.3 Å². The van der Waals surface area contributed by atoms with E-state index in [-0.39, 0.29) is 25.4 Å². The first kappa shape index (κ1) is 23.6. The fraction of sp³-hybridized carbons (Fsp3) is 0.333. The second kappa shape index (κ2) is 10.1. The van der Waals surface area contributed by atoms with E-state index in [4.69, 9.17) is 23.7 Å². The highest BCUT2D eigenvalue weighted by Crippen LogP contribution is 2.52. The summed E-state index contributed by atoms with van der Waals surface area (Å²) >= 11 is 0. The summed E-state index contributed by atoms with van der Waals surface area (Å²) in [5.41, 5.74) is 1.22. The normalized spacial score (nSPS) is 18.4. The molecule has 1 aliphatic carbocycles. The van der Waals surface area contributed by atoms with Crippen LogP contribution < -0.4 is 4.74 Å². The van der Waals surface area contributed by atoms with Gasteiger partial charge in [-0.25, -0.2) is 0 Å². The zero-order valence-electron chi connectivity index (χ0n) is 19.5. The van der Waals surface area contributed by atoms with E-state index in [1.807, 2.05) is 60.7 Å². The van der Waals surface area contributed by atoms with Crippen LogP contribution in [0.4, 0.5) is 0 Å². The maximum absolute atomic E-state index is 12.8. The molecule has 0 N–H and O–H groups in total. The van der Waals surface area contributed by atoms with Crippen LogP contribution in [0.2, 0.25) is 0 Å². The molecule has 2 aliphatic rings. The molecular formula is C27H28O7. The largest absolute Gasteiger partial charge is 0.496 e. The van der Waals surface area contributed by atoms with Crippen molar-refractivity contribution in [1.29, 1.82) is 0 Å². The molecule has 178 valence electrons. The molecule has 0 spiro atoms. The second-order valence-electron chi connectivity index (χ2n) is 8.31. The van der Waals surface area contributed by atoms with Crippen molar-refractivity contribution in [3.63, 3.8) is 0 Å².